The molecule has 2 unspecified atom stereocenters. The third-order valence-corrected chi connectivity index (χ3v) is 4.65. The number of amides is 1. The predicted octanol–water partition coefficient (Wildman–Crippen LogP) is 0.339. The fraction of sp³-hybridized carbons (Fsp3) is 0.923. The molecule has 96 valence electrons. The van der Waals surface area contributed by atoms with Crippen molar-refractivity contribution in [2.24, 2.45) is 5.92 Å². The molecule has 3 heterocycles. The largest absolute Gasteiger partial charge is 0.354 e. The summed E-state index contributed by atoms with van der Waals surface area (Å²) in [5.41, 5.74) is 0. The van der Waals surface area contributed by atoms with E-state index in [1.807, 2.05) is 0 Å². The quantitative estimate of drug-likeness (QED) is 0.728. The van der Waals surface area contributed by atoms with Crippen molar-refractivity contribution in [1.82, 2.24) is 15.5 Å². The Bertz CT molecular complexity index is 288. The first-order valence-electron chi connectivity index (χ1n) is 7.06. The summed E-state index contributed by atoms with van der Waals surface area (Å²) >= 11 is 0. The molecule has 3 saturated heterocycles. The Kier molecular flexibility index (Phi) is 3.34. The van der Waals surface area contributed by atoms with Crippen LogP contribution in [0.25, 0.3) is 0 Å². The second kappa shape index (κ2) is 4.94. The number of hydrogen-bond donors (Lipinski definition) is 2. The maximum Gasteiger partial charge on any atom is 0.221 e. The lowest BCUT2D eigenvalue weighted by atomic mass is 9.97. The topological polar surface area (TPSA) is 44.4 Å². The van der Waals surface area contributed by atoms with Gasteiger partial charge < -0.3 is 10.6 Å². The van der Waals surface area contributed by atoms with Crippen LogP contribution in [0.3, 0.4) is 0 Å². The van der Waals surface area contributed by atoms with Gasteiger partial charge in [0.2, 0.25) is 5.91 Å². The molecule has 0 spiro atoms. The van der Waals surface area contributed by atoms with E-state index in [1.165, 1.54) is 45.3 Å². The number of carbonyl (C=O) groups is 1. The van der Waals surface area contributed by atoms with E-state index in [2.05, 4.69) is 15.5 Å². The van der Waals surface area contributed by atoms with Gasteiger partial charge in [-0.1, -0.05) is 0 Å². The number of piperidine rings is 1. The van der Waals surface area contributed by atoms with Gasteiger partial charge in [0.25, 0.3) is 0 Å². The highest BCUT2D eigenvalue weighted by atomic mass is 16.1. The zero-order valence-electron chi connectivity index (χ0n) is 10.5. The van der Waals surface area contributed by atoms with Crippen LogP contribution >= 0.6 is 0 Å². The lowest BCUT2D eigenvalue weighted by Crippen LogP contribution is -2.43. The van der Waals surface area contributed by atoms with Crippen LogP contribution in [0.5, 0.6) is 0 Å². The van der Waals surface area contributed by atoms with E-state index < -0.39 is 0 Å². The van der Waals surface area contributed by atoms with Gasteiger partial charge >= 0.3 is 0 Å². The molecule has 0 aromatic rings. The maximum atomic E-state index is 11.6. The van der Waals surface area contributed by atoms with Crippen molar-refractivity contribution in [1.29, 1.82) is 0 Å². The predicted molar refractivity (Wildman–Crippen MR) is 66.7 cm³/mol. The Morgan fingerprint density at radius 1 is 1.12 bits per heavy atom. The van der Waals surface area contributed by atoms with Crippen molar-refractivity contribution in [2.75, 3.05) is 26.2 Å². The Hall–Kier alpha value is -0.610. The van der Waals surface area contributed by atoms with E-state index in [0.29, 0.717) is 12.1 Å². The SMILES string of the molecule is O=C1CC2CCC(CN1)N2CC1CCNCC1. The summed E-state index contributed by atoms with van der Waals surface area (Å²) in [6.07, 6.45) is 5.83. The third kappa shape index (κ3) is 2.47. The summed E-state index contributed by atoms with van der Waals surface area (Å²) < 4.78 is 0. The number of carbonyl (C=O) groups excluding carboxylic acids is 1. The van der Waals surface area contributed by atoms with Crippen molar-refractivity contribution >= 4 is 5.91 Å². The first-order chi connectivity index (χ1) is 8.33. The molecule has 0 aromatic heterocycles. The zero-order valence-corrected chi connectivity index (χ0v) is 10.5. The van der Waals surface area contributed by atoms with Gasteiger partial charge in [0.15, 0.2) is 0 Å². The van der Waals surface area contributed by atoms with E-state index in [9.17, 15) is 4.79 Å². The molecule has 17 heavy (non-hydrogen) atoms. The molecular formula is C13H23N3O. The second-order valence-electron chi connectivity index (χ2n) is 5.78. The fourth-order valence-electron chi connectivity index (χ4n) is 3.63. The minimum Gasteiger partial charge on any atom is -0.354 e. The van der Waals surface area contributed by atoms with Crippen molar-refractivity contribution in [2.45, 2.75) is 44.2 Å². The van der Waals surface area contributed by atoms with Crippen LogP contribution in [0, 0.1) is 5.92 Å². The lowest BCUT2D eigenvalue weighted by Gasteiger charge is -2.33. The second-order valence-corrected chi connectivity index (χ2v) is 5.78. The van der Waals surface area contributed by atoms with Gasteiger partial charge in [-0.2, -0.15) is 0 Å². The van der Waals surface area contributed by atoms with Crippen LogP contribution in [-0.4, -0.2) is 49.1 Å². The van der Waals surface area contributed by atoms with Crippen LogP contribution in [0.15, 0.2) is 0 Å². The molecule has 2 atom stereocenters. The minimum atomic E-state index is 0.257. The molecule has 4 nitrogen and oxygen atoms in total. The van der Waals surface area contributed by atoms with E-state index in [-0.39, 0.29) is 5.91 Å². The molecule has 2 bridgehead atoms. The monoisotopic (exact) mass is 237 g/mol. The van der Waals surface area contributed by atoms with E-state index >= 15 is 0 Å². The molecule has 0 aliphatic carbocycles. The normalized spacial score (nSPS) is 35.6. The Balaban J connectivity index is 1.63. The van der Waals surface area contributed by atoms with Crippen LogP contribution in [0.4, 0.5) is 0 Å². The molecule has 3 aliphatic rings. The van der Waals surface area contributed by atoms with Crippen molar-refractivity contribution in [3.05, 3.63) is 0 Å². The fourth-order valence-corrected chi connectivity index (χ4v) is 3.63. The van der Waals surface area contributed by atoms with Crippen molar-refractivity contribution in [3.63, 3.8) is 0 Å². The van der Waals surface area contributed by atoms with E-state index in [0.717, 1.165) is 18.9 Å². The molecule has 3 aliphatic heterocycles. The zero-order chi connectivity index (χ0) is 11.7. The van der Waals surface area contributed by atoms with Gasteiger partial charge in [-0.25, -0.2) is 0 Å². The number of fused-ring (bicyclic) bond motifs is 2. The number of hydrogen-bond acceptors (Lipinski definition) is 3. The summed E-state index contributed by atoms with van der Waals surface area (Å²) in [6.45, 7) is 4.43. The molecular weight excluding hydrogens is 214 g/mol. The molecule has 4 heteroatoms. The molecule has 0 saturated carbocycles. The average Bonchev–Trinajstić information content (AvgIpc) is 2.62. The first kappa shape index (κ1) is 11.5. The highest BCUT2D eigenvalue weighted by molar-refractivity contribution is 5.77. The summed E-state index contributed by atoms with van der Waals surface area (Å²) in [7, 11) is 0. The van der Waals surface area contributed by atoms with E-state index in [1.54, 1.807) is 0 Å². The van der Waals surface area contributed by atoms with Crippen LogP contribution < -0.4 is 10.6 Å². The molecule has 0 radical (unpaired) electrons. The van der Waals surface area contributed by atoms with Gasteiger partial charge in [0.05, 0.1) is 0 Å². The molecule has 1 amide bonds. The summed E-state index contributed by atoms with van der Waals surface area (Å²) in [6, 6.07) is 1.14. The minimum absolute atomic E-state index is 0.257. The van der Waals surface area contributed by atoms with Crippen LogP contribution in [0.2, 0.25) is 0 Å². The molecule has 3 rings (SSSR count). The Labute approximate surface area is 103 Å². The smallest absolute Gasteiger partial charge is 0.221 e. The van der Waals surface area contributed by atoms with Gasteiger partial charge in [0.1, 0.15) is 0 Å². The highest BCUT2D eigenvalue weighted by Gasteiger charge is 2.38. The summed E-state index contributed by atoms with van der Waals surface area (Å²) in [4.78, 5) is 14.2. The molecule has 0 aromatic carbocycles. The van der Waals surface area contributed by atoms with E-state index in [4.69, 9.17) is 0 Å². The number of nitrogens with one attached hydrogen (secondary N) is 2. The standard InChI is InChI=1S/C13H23N3O/c17-13-7-11-1-2-12(8-15-13)16(11)9-10-3-5-14-6-4-10/h10-12,14H,1-9H2,(H,15,17). The summed E-state index contributed by atoms with van der Waals surface area (Å²) in [5, 5.41) is 6.47. The van der Waals surface area contributed by atoms with Crippen molar-refractivity contribution < 1.29 is 4.79 Å². The number of nitrogens with zero attached hydrogens (tertiary/aromatic N) is 1. The van der Waals surface area contributed by atoms with Gasteiger partial charge in [-0.3, -0.25) is 9.69 Å². The summed E-state index contributed by atoms with van der Waals surface area (Å²) in [5.74, 6) is 1.10. The highest BCUT2D eigenvalue weighted by Crippen LogP contribution is 2.30. The van der Waals surface area contributed by atoms with Crippen LogP contribution in [-0.2, 0) is 4.79 Å². The van der Waals surface area contributed by atoms with Gasteiger partial charge in [-0.05, 0) is 44.7 Å². The Morgan fingerprint density at radius 3 is 2.71 bits per heavy atom. The molecule has 3 fully saturated rings. The van der Waals surface area contributed by atoms with Gasteiger partial charge in [-0.15, -0.1) is 0 Å². The maximum absolute atomic E-state index is 11.6. The first-order valence-corrected chi connectivity index (χ1v) is 7.06. The average molecular weight is 237 g/mol. The third-order valence-electron chi connectivity index (χ3n) is 4.65. The molecule has 2 N–H and O–H groups in total. The van der Waals surface area contributed by atoms with Crippen molar-refractivity contribution in [3.8, 4) is 0 Å². The number of rotatable bonds is 2. The Morgan fingerprint density at radius 2 is 1.88 bits per heavy atom. The van der Waals surface area contributed by atoms with Gasteiger partial charge in [0, 0.05) is 31.6 Å². The lowest BCUT2D eigenvalue weighted by molar-refractivity contribution is -0.121. The van der Waals surface area contributed by atoms with Crippen LogP contribution in [0.1, 0.15) is 32.1 Å².